The molecule has 0 aliphatic carbocycles. The lowest BCUT2D eigenvalue weighted by atomic mass is 9.79. The van der Waals surface area contributed by atoms with Crippen LogP contribution in [0.1, 0.15) is 45.6 Å². The molecule has 0 saturated heterocycles. The lowest BCUT2D eigenvalue weighted by Crippen LogP contribution is -2.55. The first kappa shape index (κ1) is 13.8. The number of benzene rings is 1. The number of aliphatic carboxylic acids is 1. The fourth-order valence-electron chi connectivity index (χ4n) is 3.27. The zero-order chi connectivity index (χ0) is 14.4. The average Bonchev–Trinajstić information content (AvgIpc) is 2.28. The predicted molar refractivity (Wildman–Crippen MR) is 73.1 cm³/mol. The summed E-state index contributed by atoms with van der Waals surface area (Å²) >= 11 is 0. The largest absolute Gasteiger partial charge is 0.480 e. The molecule has 0 amide bonds. The number of hydrogen-bond donors (Lipinski definition) is 1. The van der Waals surface area contributed by atoms with E-state index in [2.05, 4.69) is 6.92 Å². The van der Waals surface area contributed by atoms with Gasteiger partial charge in [0.1, 0.15) is 11.9 Å². The molecule has 0 spiro atoms. The van der Waals surface area contributed by atoms with Crippen LogP contribution in [-0.4, -0.2) is 22.7 Å². The first-order valence-corrected chi connectivity index (χ1v) is 6.55. The molecule has 1 aromatic carbocycles. The van der Waals surface area contributed by atoms with Crippen LogP contribution in [0.15, 0.2) is 18.2 Å². The van der Waals surface area contributed by atoms with E-state index >= 15 is 0 Å². The van der Waals surface area contributed by atoms with Gasteiger partial charge in [0.15, 0.2) is 0 Å². The van der Waals surface area contributed by atoms with Gasteiger partial charge in [0, 0.05) is 11.2 Å². The third kappa shape index (κ3) is 2.31. The van der Waals surface area contributed by atoms with E-state index < -0.39 is 12.0 Å². The molecule has 4 heteroatoms. The van der Waals surface area contributed by atoms with E-state index in [-0.39, 0.29) is 17.3 Å². The van der Waals surface area contributed by atoms with E-state index in [0.29, 0.717) is 0 Å². The van der Waals surface area contributed by atoms with Gasteiger partial charge < -0.3 is 10.0 Å². The van der Waals surface area contributed by atoms with Gasteiger partial charge in [-0.15, -0.1) is 0 Å². The molecule has 1 aliphatic heterocycles. The second kappa shape index (κ2) is 4.51. The molecule has 0 radical (unpaired) electrons. The van der Waals surface area contributed by atoms with Crippen molar-refractivity contribution in [1.29, 1.82) is 0 Å². The molecule has 1 heterocycles. The summed E-state index contributed by atoms with van der Waals surface area (Å²) < 4.78 is 13.4. The van der Waals surface area contributed by atoms with Crippen molar-refractivity contribution >= 4 is 11.7 Å². The lowest BCUT2D eigenvalue weighted by molar-refractivity contribution is -0.138. The number of fused-ring (bicyclic) bond motifs is 1. The number of carboxylic acids is 1. The van der Waals surface area contributed by atoms with Crippen molar-refractivity contribution in [2.24, 2.45) is 0 Å². The Morgan fingerprint density at radius 3 is 2.74 bits per heavy atom. The van der Waals surface area contributed by atoms with Crippen LogP contribution in [0.2, 0.25) is 0 Å². The topological polar surface area (TPSA) is 40.5 Å². The minimum atomic E-state index is -0.863. The van der Waals surface area contributed by atoms with Crippen molar-refractivity contribution in [3.05, 3.63) is 29.6 Å². The van der Waals surface area contributed by atoms with Crippen molar-refractivity contribution < 1.29 is 14.3 Å². The van der Waals surface area contributed by atoms with Crippen molar-refractivity contribution in [3.8, 4) is 0 Å². The molecule has 0 saturated carbocycles. The van der Waals surface area contributed by atoms with E-state index in [4.69, 9.17) is 0 Å². The number of anilines is 1. The van der Waals surface area contributed by atoms with Gasteiger partial charge >= 0.3 is 5.97 Å². The molecule has 3 nitrogen and oxygen atoms in total. The van der Waals surface area contributed by atoms with Crippen molar-refractivity contribution in [2.75, 3.05) is 4.90 Å². The fourth-order valence-corrected chi connectivity index (χ4v) is 3.27. The third-order valence-electron chi connectivity index (χ3n) is 3.98. The Hall–Kier alpha value is -1.58. The predicted octanol–water partition coefficient (Wildman–Crippen LogP) is 3.39. The summed E-state index contributed by atoms with van der Waals surface area (Å²) in [7, 11) is 0. The standard InChI is InChI=1S/C15H20FNO2/c1-9-8-15(3,4)17(10(2)14(18)19)13-6-5-11(16)7-12(9)13/h5-7,9-10H,8H2,1-4H3,(H,18,19)/t9-,10+/m0/s1. The van der Waals surface area contributed by atoms with E-state index in [9.17, 15) is 14.3 Å². The minimum absolute atomic E-state index is 0.220. The van der Waals surface area contributed by atoms with Gasteiger partial charge in [0.25, 0.3) is 0 Å². The molecule has 0 bridgehead atoms. The van der Waals surface area contributed by atoms with Gasteiger partial charge in [0.2, 0.25) is 0 Å². The first-order valence-electron chi connectivity index (χ1n) is 6.55. The second-order valence-electron chi connectivity index (χ2n) is 6.00. The first-order chi connectivity index (χ1) is 8.74. The van der Waals surface area contributed by atoms with Gasteiger partial charge in [-0.05, 0) is 56.9 Å². The maximum absolute atomic E-state index is 13.4. The zero-order valence-corrected chi connectivity index (χ0v) is 11.8. The Morgan fingerprint density at radius 2 is 2.16 bits per heavy atom. The highest BCUT2D eigenvalue weighted by Gasteiger charge is 2.40. The summed E-state index contributed by atoms with van der Waals surface area (Å²) in [6.07, 6.45) is 0.807. The Labute approximate surface area is 113 Å². The fraction of sp³-hybridized carbons (Fsp3) is 0.533. The molecule has 19 heavy (non-hydrogen) atoms. The monoisotopic (exact) mass is 265 g/mol. The van der Waals surface area contributed by atoms with Crippen LogP contribution in [0.4, 0.5) is 10.1 Å². The SMILES string of the molecule is C[C@H](C(=O)O)N1c2ccc(F)cc2[C@@H](C)CC1(C)C. The molecular formula is C15H20FNO2. The Balaban J connectivity index is 2.58. The number of hydrogen-bond acceptors (Lipinski definition) is 2. The lowest BCUT2D eigenvalue weighted by Gasteiger charge is -2.49. The molecule has 0 fully saturated rings. The van der Waals surface area contributed by atoms with Gasteiger partial charge in [-0.3, -0.25) is 0 Å². The van der Waals surface area contributed by atoms with Crippen LogP contribution >= 0.6 is 0 Å². The highest BCUT2D eigenvalue weighted by atomic mass is 19.1. The third-order valence-corrected chi connectivity index (χ3v) is 3.98. The highest BCUT2D eigenvalue weighted by Crippen LogP contribution is 2.44. The van der Waals surface area contributed by atoms with E-state index in [0.717, 1.165) is 17.7 Å². The molecule has 1 aliphatic rings. The number of carboxylic acid groups (broad SMARTS) is 1. The van der Waals surface area contributed by atoms with E-state index in [1.807, 2.05) is 18.7 Å². The molecule has 104 valence electrons. The summed E-state index contributed by atoms with van der Waals surface area (Å²) in [5, 5.41) is 9.30. The average molecular weight is 265 g/mol. The van der Waals surface area contributed by atoms with Crippen LogP contribution in [0.25, 0.3) is 0 Å². The van der Waals surface area contributed by atoms with Crippen LogP contribution in [-0.2, 0) is 4.79 Å². The minimum Gasteiger partial charge on any atom is -0.480 e. The van der Waals surface area contributed by atoms with E-state index in [1.165, 1.54) is 12.1 Å². The molecule has 0 aromatic heterocycles. The maximum Gasteiger partial charge on any atom is 0.326 e. The Kier molecular flexibility index (Phi) is 3.29. The molecule has 0 unspecified atom stereocenters. The normalized spacial score (nSPS) is 22.8. The quantitative estimate of drug-likeness (QED) is 0.891. The summed E-state index contributed by atoms with van der Waals surface area (Å²) in [6.45, 7) is 7.81. The van der Waals surface area contributed by atoms with Crippen LogP contribution in [0.3, 0.4) is 0 Å². The number of carbonyl (C=O) groups is 1. The van der Waals surface area contributed by atoms with Crippen molar-refractivity contribution in [2.45, 2.75) is 51.6 Å². The van der Waals surface area contributed by atoms with Gasteiger partial charge in [-0.1, -0.05) is 6.92 Å². The van der Waals surface area contributed by atoms with Gasteiger partial charge in [0.05, 0.1) is 0 Å². The second-order valence-corrected chi connectivity index (χ2v) is 6.00. The van der Waals surface area contributed by atoms with Crippen molar-refractivity contribution in [1.82, 2.24) is 0 Å². The Bertz CT molecular complexity index is 513. The molecule has 1 aromatic rings. The van der Waals surface area contributed by atoms with Crippen LogP contribution in [0, 0.1) is 5.82 Å². The molecular weight excluding hydrogens is 245 g/mol. The summed E-state index contributed by atoms with van der Waals surface area (Å²) in [4.78, 5) is 13.2. The van der Waals surface area contributed by atoms with E-state index in [1.54, 1.807) is 13.0 Å². The maximum atomic E-state index is 13.4. The number of rotatable bonds is 2. The van der Waals surface area contributed by atoms with Gasteiger partial charge in [-0.2, -0.15) is 0 Å². The molecule has 2 rings (SSSR count). The summed E-state index contributed by atoms with van der Waals surface area (Å²) in [5.41, 5.74) is 1.47. The smallest absolute Gasteiger partial charge is 0.326 e. The van der Waals surface area contributed by atoms with Crippen molar-refractivity contribution in [3.63, 3.8) is 0 Å². The van der Waals surface area contributed by atoms with Crippen LogP contribution in [0.5, 0.6) is 0 Å². The molecule has 2 atom stereocenters. The highest BCUT2D eigenvalue weighted by molar-refractivity contribution is 5.79. The summed E-state index contributed by atoms with van der Waals surface area (Å²) in [5.74, 6) is -0.913. The number of nitrogens with zero attached hydrogens (tertiary/aromatic N) is 1. The van der Waals surface area contributed by atoms with Crippen LogP contribution < -0.4 is 4.90 Å². The Morgan fingerprint density at radius 1 is 1.53 bits per heavy atom. The number of halogens is 1. The molecule has 1 N–H and O–H groups in total. The van der Waals surface area contributed by atoms with Gasteiger partial charge in [-0.25, -0.2) is 9.18 Å². The zero-order valence-electron chi connectivity index (χ0n) is 11.8. The summed E-state index contributed by atoms with van der Waals surface area (Å²) in [6, 6.07) is 3.99.